The number of hydrogen-bond donors (Lipinski definition) is 2. The molecule has 2 heterocycles. The molecule has 1 saturated carbocycles. The van der Waals surface area contributed by atoms with Crippen molar-refractivity contribution in [1.82, 2.24) is 15.1 Å². The normalized spacial score (nSPS) is 23.9. The summed E-state index contributed by atoms with van der Waals surface area (Å²) < 4.78 is 0. The molecule has 1 saturated heterocycles. The Morgan fingerprint density at radius 3 is 2.61 bits per heavy atom. The van der Waals surface area contributed by atoms with Gasteiger partial charge in [0.1, 0.15) is 6.04 Å². The molecule has 3 unspecified atom stereocenters. The first-order valence-corrected chi connectivity index (χ1v) is 12.7. The number of nitrogens with one attached hydrogen (secondary N) is 2. The molecule has 3 aliphatic rings. The van der Waals surface area contributed by atoms with Crippen LogP contribution in [0.15, 0.2) is 42.5 Å². The highest BCUT2D eigenvalue weighted by atomic mass is 16.2. The minimum atomic E-state index is -0.599. The SMILES string of the molecule is CN(Cc1ccc(C#N)cc1)C1CCCCC1Nc1ccc2c(c1)CN(C1CCC(=O)NC1=O)C2=O. The second-order valence-corrected chi connectivity index (χ2v) is 10.1. The summed E-state index contributed by atoms with van der Waals surface area (Å²) in [4.78, 5) is 40.8. The maximum absolute atomic E-state index is 13.0. The zero-order valence-corrected chi connectivity index (χ0v) is 20.5. The van der Waals surface area contributed by atoms with Gasteiger partial charge in [0.15, 0.2) is 0 Å². The molecule has 2 aromatic rings. The van der Waals surface area contributed by atoms with Crippen molar-refractivity contribution in [2.75, 3.05) is 12.4 Å². The van der Waals surface area contributed by atoms with E-state index in [1.165, 1.54) is 18.4 Å². The Kier molecular flexibility index (Phi) is 6.75. The van der Waals surface area contributed by atoms with E-state index in [2.05, 4.69) is 28.7 Å². The zero-order valence-electron chi connectivity index (χ0n) is 20.5. The average Bonchev–Trinajstić information content (AvgIpc) is 3.20. The topological polar surface area (TPSA) is 106 Å². The predicted molar refractivity (Wildman–Crippen MR) is 135 cm³/mol. The van der Waals surface area contributed by atoms with E-state index in [-0.39, 0.29) is 30.2 Å². The number of hydrogen-bond acceptors (Lipinski definition) is 6. The third-order valence-corrected chi connectivity index (χ3v) is 7.69. The molecule has 5 rings (SSSR count). The third kappa shape index (κ3) is 4.84. The summed E-state index contributed by atoms with van der Waals surface area (Å²) >= 11 is 0. The van der Waals surface area contributed by atoms with Crippen LogP contribution in [0, 0.1) is 11.3 Å². The van der Waals surface area contributed by atoms with Crippen LogP contribution < -0.4 is 10.6 Å². The second-order valence-electron chi connectivity index (χ2n) is 10.1. The van der Waals surface area contributed by atoms with Crippen LogP contribution in [0.1, 0.15) is 65.6 Å². The number of piperidine rings is 1. The van der Waals surface area contributed by atoms with Gasteiger partial charge >= 0.3 is 0 Å². The average molecular weight is 486 g/mol. The van der Waals surface area contributed by atoms with Gasteiger partial charge in [-0.2, -0.15) is 5.26 Å². The number of imide groups is 1. The second kappa shape index (κ2) is 10.1. The lowest BCUT2D eigenvalue weighted by Crippen LogP contribution is -2.52. The van der Waals surface area contributed by atoms with Crippen molar-refractivity contribution in [2.24, 2.45) is 0 Å². The molecule has 3 amide bonds. The number of nitriles is 1. The number of carbonyl (C=O) groups excluding carboxylic acids is 3. The van der Waals surface area contributed by atoms with Gasteiger partial charge in [-0.15, -0.1) is 0 Å². The van der Waals surface area contributed by atoms with Gasteiger partial charge in [-0.1, -0.05) is 25.0 Å². The van der Waals surface area contributed by atoms with E-state index in [1.807, 2.05) is 42.5 Å². The van der Waals surface area contributed by atoms with Crippen molar-refractivity contribution in [3.63, 3.8) is 0 Å². The van der Waals surface area contributed by atoms with Crippen LogP contribution in [-0.4, -0.2) is 52.7 Å². The fraction of sp³-hybridized carbons (Fsp3) is 0.429. The summed E-state index contributed by atoms with van der Waals surface area (Å²) in [6.07, 6.45) is 5.16. The monoisotopic (exact) mass is 485 g/mol. The Hall–Kier alpha value is -3.70. The molecule has 2 aliphatic heterocycles. The Morgan fingerprint density at radius 1 is 1.08 bits per heavy atom. The van der Waals surface area contributed by atoms with E-state index in [0.717, 1.165) is 30.6 Å². The van der Waals surface area contributed by atoms with Crippen LogP contribution >= 0.6 is 0 Å². The molecule has 0 spiro atoms. The number of likely N-dealkylation sites (N-methyl/N-ethyl adjacent to an activating group) is 1. The Bertz CT molecular complexity index is 1220. The van der Waals surface area contributed by atoms with E-state index in [0.29, 0.717) is 30.1 Å². The fourth-order valence-electron chi connectivity index (χ4n) is 5.78. The number of fused-ring (bicyclic) bond motifs is 1. The summed E-state index contributed by atoms with van der Waals surface area (Å²) in [5.74, 6) is -0.817. The predicted octanol–water partition coefficient (Wildman–Crippen LogP) is 3.17. The summed E-state index contributed by atoms with van der Waals surface area (Å²) in [5, 5.41) is 15.1. The molecule has 0 bridgehead atoms. The van der Waals surface area contributed by atoms with E-state index < -0.39 is 6.04 Å². The van der Waals surface area contributed by atoms with Crippen LogP contribution in [-0.2, 0) is 22.7 Å². The van der Waals surface area contributed by atoms with Gasteiger partial charge in [0.2, 0.25) is 11.8 Å². The highest BCUT2D eigenvalue weighted by Crippen LogP contribution is 2.31. The lowest BCUT2D eigenvalue weighted by molar-refractivity contribution is -0.136. The van der Waals surface area contributed by atoms with Crippen LogP contribution in [0.3, 0.4) is 0 Å². The van der Waals surface area contributed by atoms with Gasteiger partial charge in [-0.3, -0.25) is 24.6 Å². The van der Waals surface area contributed by atoms with Gasteiger partial charge in [-0.05, 0) is 67.8 Å². The molecule has 2 N–H and O–H groups in total. The minimum Gasteiger partial charge on any atom is -0.381 e. The van der Waals surface area contributed by atoms with Crippen molar-refractivity contribution in [2.45, 2.75) is 69.7 Å². The quantitative estimate of drug-likeness (QED) is 0.609. The number of amides is 3. The van der Waals surface area contributed by atoms with Crippen LogP contribution in [0.25, 0.3) is 0 Å². The lowest BCUT2D eigenvalue weighted by atomic mass is 9.88. The molecular formula is C28H31N5O3. The van der Waals surface area contributed by atoms with Crippen LogP contribution in [0.4, 0.5) is 5.69 Å². The zero-order chi connectivity index (χ0) is 25.2. The van der Waals surface area contributed by atoms with Crippen molar-refractivity contribution in [3.05, 3.63) is 64.7 Å². The van der Waals surface area contributed by atoms with Gasteiger partial charge in [-0.25, -0.2) is 0 Å². The van der Waals surface area contributed by atoms with Crippen molar-refractivity contribution >= 4 is 23.4 Å². The number of anilines is 1. The first-order chi connectivity index (χ1) is 17.4. The molecule has 2 fully saturated rings. The van der Waals surface area contributed by atoms with Crippen molar-refractivity contribution in [1.29, 1.82) is 5.26 Å². The summed E-state index contributed by atoms with van der Waals surface area (Å²) in [7, 11) is 2.15. The molecule has 186 valence electrons. The third-order valence-electron chi connectivity index (χ3n) is 7.69. The number of nitrogens with zero attached hydrogens (tertiary/aromatic N) is 3. The van der Waals surface area contributed by atoms with E-state index in [9.17, 15) is 14.4 Å². The van der Waals surface area contributed by atoms with E-state index >= 15 is 0 Å². The highest BCUT2D eigenvalue weighted by Gasteiger charge is 2.39. The largest absolute Gasteiger partial charge is 0.381 e. The molecular weight excluding hydrogens is 454 g/mol. The fourth-order valence-corrected chi connectivity index (χ4v) is 5.78. The first kappa shape index (κ1) is 24.0. The molecule has 8 nitrogen and oxygen atoms in total. The number of benzene rings is 2. The maximum atomic E-state index is 13.0. The van der Waals surface area contributed by atoms with Gasteiger partial charge in [0.25, 0.3) is 5.91 Å². The lowest BCUT2D eigenvalue weighted by Gasteiger charge is -2.39. The molecule has 2 aromatic carbocycles. The molecule has 0 aromatic heterocycles. The molecule has 36 heavy (non-hydrogen) atoms. The first-order valence-electron chi connectivity index (χ1n) is 12.7. The summed E-state index contributed by atoms with van der Waals surface area (Å²) in [6, 6.07) is 15.8. The smallest absolute Gasteiger partial charge is 0.255 e. The van der Waals surface area contributed by atoms with Gasteiger partial charge in [0.05, 0.1) is 11.6 Å². The van der Waals surface area contributed by atoms with Crippen molar-refractivity contribution in [3.8, 4) is 6.07 Å². The van der Waals surface area contributed by atoms with Gasteiger partial charge < -0.3 is 10.2 Å². The standard InChI is InChI=1S/C28H31N5O3/c1-32(16-19-8-6-18(15-29)7-9-19)24-5-3-2-4-23(24)30-21-10-11-22-20(14-21)17-33(28(22)36)25-12-13-26(34)31-27(25)35/h6-11,14,23-25,30H,2-5,12-13,16-17H2,1H3,(H,31,34,35). The summed E-state index contributed by atoms with van der Waals surface area (Å²) in [6.45, 7) is 1.19. The van der Waals surface area contributed by atoms with Crippen molar-refractivity contribution < 1.29 is 14.4 Å². The Balaban J connectivity index is 1.27. The maximum Gasteiger partial charge on any atom is 0.255 e. The molecule has 8 heteroatoms. The highest BCUT2D eigenvalue weighted by molar-refractivity contribution is 6.05. The van der Waals surface area contributed by atoms with Crippen LogP contribution in [0.2, 0.25) is 0 Å². The Morgan fingerprint density at radius 2 is 1.86 bits per heavy atom. The van der Waals surface area contributed by atoms with Gasteiger partial charge in [0, 0.05) is 42.8 Å². The van der Waals surface area contributed by atoms with Crippen LogP contribution in [0.5, 0.6) is 0 Å². The van der Waals surface area contributed by atoms with E-state index in [4.69, 9.17) is 5.26 Å². The summed E-state index contributed by atoms with van der Waals surface area (Å²) in [5.41, 5.74) is 4.38. The number of carbonyl (C=O) groups is 3. The number of rotatable bonds is 6. The molecule has 0 radical (unpaired) electrons. The Labute approximate surface area is 211 Å². The molecule has 3 atom stereocenters. The van der Waals surface area contributed by atoms with E-state index in [1.54, 1.807) is 4.90 Å². The molecule has 1 aliphatic carbocycles. The minimum absolute atomic E-state index is 0.149.